The Morgan fingerprint density at radius 2 is 1.58 bits per heavy atom. The first-order valence-corrected chi connectivity index (χ1v) is 7.82. The van der Waals surface area contributed by atoms with Gasteiger partial charge in [0.2, 0.25) is 0 Å². The summed E-state index contributed by atoms with van der Waals surface area (Å²) < 4.78 is 2.28. The van der Waals surface area contributed by atoms with Crippen LogP contribution in [0.5, 0.6) is 0 Å². The molecule has 0 unspecified atom stereocenters. The van der Waals surface area contributed by atoms with Gasteiger partial charge in [0, 0.05) is 14.3 Å². The fourth-order valence-electron chi connectivity index (χ4n) is 2.98. The zero-order valence-corrected chi connectivity index (χ0v) is 13.3. The van der Waals surface area contributed by atoms with Gasteiger partial charge in [0.25, 0.3) is 0 Å². The van der Waals surface area contributed by atoms with Crippen LogP contribution >= 0.6 is 31.9 Å². The van der Waals surface area contributed by atoms with E-state index in [1.165, 1.54) is 33.0 Å². The molecule has 0 spiro atoms. The predicted octanol–water partition coefficient (Wildman–Crippen LogP) is 5.94. The highest BCUT2D eigenvalue weighted by molar-refractivity contribution is 9.13. The highest BCUT2D eigenvalue weighted by Gasteiger charge is 2.21. The number of hydrogen-bond donors (Lipinski definition) is 0. The minimum atomic E-state index is 1.03. The van der Waals surface area contributed by atoms with Gasteiger partial charge in [-0.05, 0) is 72.0 Å². The third kappa shape index (κ3) is 1.63. The van der Waals surface area contributed by atoms with Gasteiger partial charge in [-0.15, -0.1) is 0 Å². The van der Waals surface area contributed by atoms with Crippen LogP contribution in [-0.2, 0) is 6.42 Å². The zero-order chi connectivity index (χ0) is 13.0. The molecule has 92 valence electrons. The first kappa shape index (κ1) is 11.7. The minimum absolute atomic E-state index is 1.03. The van der Waals surface area contributed by atoms with Gasteiger partial charge in [-0.1, -0.05) is 42.5 Å². The van der Waals surface area contributed by atoms with E-state index >= 15 is 0 Å². The fourth-order valence-corrected chi connectivity index (χ4v) is 3.91. The standard InChI is InChI=1S/C17H10Br2/c18-15-8-6-10-5-7-13-12-4-2-1-3-11(12)9-14(13)16(10)17(15)19/h1-8H,9H2. The summed E-state index contributed by atoms with van der Waals surface area (Å²) in [5.74, 6) is 0. The lowest BCUT2D eigenvalue weighted by molar-refractivity contribution is 1.28. The van der Waals surface area contributed by atoms with E-state index in [1.54, 1.807) is 0 Å². The maximum Gasteiger partial charge on any atom is 0.0398 e. The van der Waals surface area contributed by atoms with Crippen LogP contribution < -0.4 is 0 Å². The molecule has 0 radical (unpaired) electrons. The minimum Gasteiger partial charge on any atom is -0.0619 e. The number of fused-ring (bicyclic) bond motifs is 5. The van der Waals surface area contributed by atoms with E-state index in [0.29, 0.717) is 0 Å². The van der Waals surface area contributed by atoms with Gasteiger partial charge in [-0.3, -0.25) is 0 Å². The molecule has 3 aromatic carbocycles. The molecule has 0 fully saturated rings. The van der Waals surface area contributed by atoms with Gasteiger partial charge >= 0.3 is 0 Å². The van der Waals surface area contributed by atoms with Crippen LogP contribution in [0.1, 0.15) is 11.1 Å². The number of hydrogen-bond acceptors (Lipinski definition) is 0. The molecule has 0 atom stereocenters. The lowest BCUT2D eigenvalue weighted by Gasteiger charge is -2.09. The molecule has 19 heavy (non-hydrogen) atoms. The first-order valence-electron chi connectivity index (χ1n) is 6.23. The normalized spacial score (nSPS) is 12.5. The maximum atomic E-state index is 3.73. The van der Waals surface area contributed by atoms with E-state index in [1.807, 2.05) is 0 Å². The Bertz CT molecular complexity index is 819. The molecule has 1 aliphatic carbocycles. The highest BCUT2D eigenvalue weighted by Crippen LogP contribution is 2.43. The Morgan fingerprint density at radius 1 is 0.789 bits per heavy atom. The summed E-state index contributed by atoms with van der Waals surface area (Å²) in [5.41, 5.74) is 5.62. The second-order valence-electron chi connectivity index (χ2n) is 4.89. The topological polar surface area (TPSA) is 0 Å². The molecule has 0 N–H and O–H groups in total. The second kappa shape index (κ2) is 4.19. The van der Waals surface area contributed by atoms with Gasteiger partial charge in [0.1, 0.15) is 0 Å². The number of benzene rings is 3. The van der Waals surface area contributed by atoms with Crippen molar-refractivity contribution in [2.75, 3.05) is 0 Å². The van der Waals surface area contributed by atoms with Crippen molar-refractivity contribution in [2.45, 2.75) is 6.42 Å². The zero-order valence-electron chi connectivity index (χ0n) is 10.1. The van der Waals surface area contributed by atoms with Crippen molar-refractivity contribution in [3.05, 3.63) is 68.6 Å². The van der Waals surface area contributed by atoms with Crippen LogP contribution in [0.25, 0.3) is 21.9 Å². The Balaban J connectivity index is 2.13. The lowest BCUT2D eigenvalue weighted by atomic mass is 9.99. The van der Waals surface area contributed by atoms with Gasteiger partial charge in [0.15, 0.2) is 0 Å². The van der Waals surface area contributed by atoms with E-state index in [2.05, 4.69) is 80.4 Å². The van der Waals surface area contributed by atoms with Crippen molar-refractivity contribution < 1.29 is 0 Å². The molecule has 0 aromatic heterocycles. The Hall–Kier alpha value is -1.12. The summed E-state index contributed by atoms with van der Waals surface area (Å²) >= 11 is 7.35. The lowest BCUT2D eigenvalue weighted by Crippen LogP contribution is -1.86. The van der Waals surface area contributed by atoms with Crippen molar-refractivity contribution in [3.8, 4) is 11.1 Å². The first-order chi connectivity index (χ1) is 9.25. The van der Waals surface area contributed by atoms with Crippen molar-refractivity contribution in [2.24, 2.45) is 0 Å². The van der Waals surface area contributed by atoms with Gasteiger partial charge in [-0.2, -0.15) is 0 Å². The third-order valence-electron chi connectivity index (χ3n) is 3.86. The molecular formula is C17H10Br2. The van der Waals surface area contributed by atoms with E-state index in [9.17, 15) is 0 Å². The fraction of sp³-hybridized carbons (Fsp3) is 0.0588. The molecular weight excluding hydrogens is 364 g/mol. The van der Waals surface area contributed by atoms with E-state index in [-0.39, 0.29) is 0 Å². The van der Waals surface area contributed by atoms with Crippen molar-refractivity contribution in [1.29, 1.82) is 0 Å². The van der Waals surface area contributed by atoms with Crippen LogP contribution in [0.4, 0.5) is 0 Å². The van der Waals surface area contributed by atoms with E-state index < -0.39 is 0 Å². The van der Waals surface area contributed by atoms with Crippen molar-refractivity contribution in [3.63, 3.8) is 0 Å². The Kier molecular flexibility index (Phi) is 2.58. The summed E-state index contributed by atoms with van der Waals surface area (Å²) in [7, 11) is 0. The molecule has 0 aliphatic heterocycles. The average molecular weight is 374 g/mol. The van der Waals surface area contributed by atoms with Crippen LogP contribution in [0.3, 0.4) is 0 Å². The molecule has 0 saturated heterocycles. The second-order valence-corrected chi connectivity index (χ2v) is 6.53. The van der Waals surface area contributed by atoms with Crippen LogP contribution in [0, 0.1) is 0 Å². The van der Waals surface area contributed by atoms with Gasteiger partial charge in [0.05, 0.1) is 0 Å². The summed E-state index contributed by atoms with van der Waals surface area (Å²) in [4.78, 5) is 0. The van der Waals surface area contributed by atoms with E-state index in [0.717, 1.165) is 15.4 Å². The molecule has 0 nitrogen and oxygen atoms in total. The average Bonchev–Trinajstić information content (AvgIpc) is 2.81. The summed E-state index contributed by atoms with van der Waals surface area (Å²) in [6.07, 6.45) is 1.03. The van der Waals surface area contributed by atoms with Gasteiger partial charge < -0.3 is 0 Å². The predicted molar refractivity (Wildman–Crippen MR) is 87.6 cm³/mol. The summed E-state index contributed by atoms with van der Waals surface area (Å²) in [6, 6.07) is 17.4. The molecule has 2 heteroatoms. The Labute approximate surface area is 128 Å². The summed E-state index contributed by atoms with van der Waals surface area (Å²) in [5, 5.41) is 2.63. The molecule has 0 saturated carbocycles. The van der Waals surface area contributed by atoms with Crippen molar-refractivity contribution >= 4 is 42.6 Å². The Morgan fingerprint density at radius 3 is 2.47 bits per heavy atom. The summed E-state index contributed by atoms with van der Waals surface area (Å²) in [6.45, 7) is 0. The molecule has 4 rings (SSSR count). The molecule has 1 aliphatic rings. The third-order valence-corrected chi connectivity index (χ3v) is 5.87. The SMILES string of the molecule is Brc1ccc2ccc3c(c2c1Br)Cc1ccccc1-3. The monoisotopic (exact) mass is 372 g/mol. The molecule has 0 bridgehead atoms. The molecule has 0 heterocycles. The largest absolute Gasteiger partial charge is 0.0619 e. The van der Waals surface area contributed by atoms with Crippen molar-refractivity contribution in [1.82, 2.24) is 0 Å². The smallest absolute Gasteiger partial charge is 0.0398 e. The highest BCUT2D eigenvalue weighted by atomic mass is 79.9. The van der Waals surface area contributed by atoms with Crippen LogP contribution in [0.15, 0.2) is 57.5 Å². The number of rotatable bonds is 0. The van der Waals surface area contributed by atoms with Gasteiger partial charge in [-0.25, -0.2) is 0 Å². The maximum absolute atomic E-state index is 3.73. The molecule has 3 aromatic rings. The van der Waals surface area contributed by atoms with Crippen LogP contribution in [0.2, 0.25) is 0 Å². The quantitative estimate of drug-likeness (QED) is 0.358. The molecule has 0 amide bonds. The van der Waals surface area contributed by atoms with E-state index in [4.69, 9.17) is 0 Å². The van der Waals surface area contributed by atoms with Crippen LogP contribution in [-0.4, -0.2) is 0 Å². The number of halogens is 2.